The Balaban J connectivity index is 1.98. The summed E-state index contributed by atoms with van der Waals surface area (Å²) in [4.78, 5) is 2.22. The lowest BCUT2D eigenvalue weighted by atomic mass is 10.2. The van der Waals surface area contributed by atoms with Crippen LogP contribution >= 0.6 is 0 Å². The van der Waals surface area contributed by atoms with Crippen LogP contribution in [0.15, 0.2) is 40.8 Å². The van der Waals surface area contributed by atoms with Crippen molar-refractivity contribution < 1.29 is 4.42 Å². The summed E-state index contributed by atoms with van der Waals surface area (Å²) in [7, 11) is 2.09. The van der Waals surface area contributed by atoms with E-state index in [1.807, 2.05) is 0 Å². The molecular formula is C17H24N2O. The van der Waals surface area contributed by atoms with Crippen molar-refractivity contribution in [2.75, 3.05) is 11.9 Å². The molecule has 1 aromatic carbocycles. The van der Waals surface area contributed by atoms with E-state index >= 15 is 0 Å². The monoisotopic (exact) mass is 272 g/mol. The predicted octanol–water partition coefficient (Wildman–Crippen LogP) is 3.72. The number of furan rings is 1. The van der Waals surface area contributed by atoms with E-state index in [0.717, 1.165) is 24.6 Å². The number of aryl methyl sites for hydroxylation is 1. The molecule has 3 nitrogen and oxygen atoms in total. The average Bonchev–Trinajstić information content (AvgIpc) is 2.84. The highest BCUT2D eigenvalue weighted by Gasteiger charge is 2.08. The lowest BCUT2D eigenvalue weighted by Gasteiger charge is -2.20. The zero-order chi connectivity index (χ0) is 14.5. The van der Waals surface area contributed by atoms with Gasteiger partial charge in [0.1, 0.15) is 11.5 Å². The van der Waals surface area contributed by atoms with Gasteiger partial charge in [0.05, 0.1) is 13.1 Å². The normalized spacial score (nSPS) is 11.1. The van der Waals surface area contributed by atoms with Crippen molar-refractivity contribution in [1.29, 1.82) is 0 Å². The van der Waals surface area contributed by atoms with Crippen molar-refractivity contribution in [1.82, 2.24) is 5.32 Å². The van der Waals surface area contributed by atoms with Gasteiger partial charge >= 0.3 is 0 Å². The van der Waals surface area contributed by atoms with E-state index in [-0.39, 0.29) is 0 Å². The van der Waals surface area contributed by atoms with E-state index in [1.165, 1.54) is 11.3 Å². The van der Waals surface area contributed by atoms with Crippen LogP contribution < -0.4 is 10.2 Å². The van der Waals surface area contributed by atoms with Crippen LogP contribution in [-0.2, 0) is 13.1 Å². The van der Waals surface area contributed by atoms with Crippen molar-refractivity contribution in [2.45, 2.75) is 39.9 Å². The molecular weight excluding hydrogens is 248 g/mol. The third-order valence-corrected chi connectivity index (χ3v) is 3.32. The summed E-state index contributed by atoms with van der Waals surface area (Å²) >= 11 is 0. The fourth-order valence-electron chi connectivity index (χ4n) is 2.22. The number of hydrogen-bond acceptors (Lipinski definition) is 3. The Morgan fingerprint density at radius 3 is 2.50 bits per heavy atom. The molecule has 0 saturated carbocycles. The van der Waals surface area contributed by atoms with Crippen LogP contribution in [0.4, 0.5) is 5.69 Å². The number of nitrogens with zero attached hydrogens (tertiary/aromatic N) is 1. The summed E-state index contributed by atoms with van der Waals surface area (Å²) in [6.45, 7) is 7.97. The Labute approximate surface area is 121 Å². The van der Waals surface area contributed by atoms with Crippen LogP contribution in [0.25, 0.3) is 0 Å². The lowest BCUT2D eigenvalue weighted by molar-refractivity contribution is 0.434. The van der Waals surface area contributed by atoms with Gasteiger partial charge in [-0.2, -0.15) is 0 Å². The summed E-state index contributed by atoms with van der Waals surface area (Å²) in [5.74, 6) is 1.99. The van der Waals surface area contributed by atoms with Gasteiger partial charge < -0.3 is 14.6 Å². The quantitative estimate of drug-likeness (QED) is 0.868. The molecule has 0 saturated heterocycles. The largest absolute Gasteiger partial charge is 0.463 e. The van der Waals surface area contributed by atoms with Crippen molar-refractivity contribution in [2.24, 2.45) is 0 Å². The van der Waals surface area contributed by atoms with Gasteiger partial charge in [-0.3, -0.25) is 0 Å². The first-order valence-electron chi connectivity index (χ1n) is 7.14. The highest BCUT2D eigenvalue weighted by Crippen LogP contribution is 2.20. The Morgan fingerprint density at radius 2 is 1.80 bits per heavy atom. The number of rotatable bonds is 6. The molecule has 2 aromatic rings. The molecule has 2 rings (SSSR count). The summed E-state index contributed by atoms with van der Waals surface area (Å²) in [5.41, 5.74) is 2.52. The number of hydrogen-bond donors (Lipinski definition) is 1. The molecule has 108 valence electrons. The number of anilines is 1. The van der Waals surface area contributed by atoms with Gasteiger partial charge in [-0.05, 0) is 30.7 Å². The molecule has 1 heterocycles. The van der Waals surface area contributed by atoms with Crippen LogP contribution in [0.2, 0.25) is 0 Å². The SMILES string of the molecule is Cc1ccccc1N(C)Cc1ccc(CNC(C)C)o1. The molecule has 0 bridgehead atoms. The molecule has 0 unspecified atom stereocenters. The van der Waals surface area contributed by atoms with Gasteiger partial charge in [-0.15, -0.1) is 0 Å². The third-order valence-electron chi connectivity index (χ3n) is 3.32. The second kappa shape index (κ2) is 6.62. The van der Waals surface area contributed by atoms with E-state index in [0.29, 0.717) is 6.04 Å². The minimum absolute atomic E-state index is 0.471. The van der Waals surface area contributed by atoms with E-state index in [9.17, 15) is 0 Å². The minimum Gasteiger partial charge on any atom is -0.463 e. The van der Waals surface area contributed by atoms with Crippen LogP contribution in [-0.4, -0.2) is 13.1 Å². The smallest absolute Gasteiger partial charge is 0.123 e. The topological polar surface area (TPSA) is 28.4 Å². The Hall–Kier alpha value is -1.74. The van der Waals surface area contributed by atoms with E-state index in [1.54, 1.807) is 0 Å². The zero-order valence-electron chi connectivity index (χ0n) is 12.8. The van der Waals surface area contributed by atoms with Gasteiger partial charge in [-0.25, -0.2) is 0 Å². The molecule has 0 radical (unpaired) electrons. The van der Waals surface area contributed by atoms with E-state index < -0.39 is 0 Å². The van der Waals surface area contributed by atoms with Crippen LogP contribution in [0.3, 0.4) is 0 Å². The molecule has 0 aliphatic heterocycles. The second-order valence-electron chi connectivity index (χ2n) is 5.55. The summed E-state index contributed by atoms with van der Waals surface area (Å²) in [6.07, 6.45) is 0. The first kappa shape index (κ1) is 14.7. The maximum atomic E-state index is 5.86. The van der Waals surface area contributed by atoms with Crippen LogP contribution in [0, 0.1) is 6.92 Å². The standard InChI is InChI=1S/C17H24N2O/c1-13(2)18-11-15-9-10-16(20-15)12-19(4)17-8-6-5-7-14(17)3/h5-10,13,18H,11-12H2,1-4H3. The predicted molar refractivity (Wildman–Crippen MR) is 84.0 cm³/mol. The first-order chi connectivity index (χ1) is 9.56. The minimum atomic E-state index is 0.471. The number of para-hydroxylation sites is 1. The van der Waals surface area contributed by atoms with Gasteiger partial charge in [0.2, 0.25) is 0 Å². The van der Waals surface area contributed by atoms with Crippen molar-refractivity contribution in [3.63, 3.8) is 0 Å². The maximum Gasteiger partial charge on any atom is 0.123 e. The highest BCUT2D eigenvalue weighted by atomic mass is 16.3. The Bertz CT molecular complexity index is 545. The number of benzene rings is 1. The fourth-order valence-corrected chi connectivity index (χ4v) is 2.22. The molecule has 0 fully saturated rings. The molecule has 0 aliphatic carbocycles. The van der Waals surface area contributed by atoms with Gasteiger partial charge in [0, 0.05) is 18.8 Å². The van der Waals surface area contributed by atoms with Crippen LogP contribution in [0.1, 0.15) is 30.9 Å². The lowest BCUT2D eigenvalue weighted by Crippen LogP contribution is -2.21. The van der Waals surface area contributed by atoms with Crippen molar-refractivity contribution >= 4 is 5.69 Å². The average molecular weight is 272 g/mol. The summed E-state index contributed by atoms with van der Waals surface area (Å²) in [6, 6.07) is 13.0. The fraction of sp³-hybridized carbons (Fsp3) is 0.412. The molecule has 0 aliphatic rings. The molecule has 1 N–H and O–H groups in total. The van der Waals surface area contributed by atoms with Crippen LogP contribution in [0.5, 0.6) is 0 Å². The maximum absolute atomic E-state index is 5.86. The molecule has 0 spiro atoms. The second-order valence-corrected chi connectivity index (χ2v) is 5.55. The third kappa shape index (κ3) is 3.87. The van der Waals surface area contributed by atoms with Crippen molar-refractivity contribution in [3.8, 4) is 0 Å². The molecule has 20 heavy (non-hydrogen) atoms. The number of nitrogens with one attached hydrogen (secondary N) is 1. The summed E-state index contributed by atoms with van der Waals surface area (Å²) in [5, 5.41) is 3.36. The zero-order valence-corrected chi connectivity index (χ0v) is 12.8. The molecule has 0 amide bonds. The molecule has 3 heteroatoms. The van der Waals surface area contributed by atoms with Gasteiger partial charge in [-0.1, -0.05) is 32.0 Å². The highest BCUT2D eigenvalue weighted by molar-refractivity contribution is 5.52. The van der Waals surface area contributed by atoms with Gasteiger partial charge in [0.15, 0.2) is 0 Å². The van der Waals surface area contributed by atoms with Gasteiger partial charge in [0.25, 0.3) is 0 Å². The first-order valence-corrected chi connectivity index (χ1v) is 7.14. The van der Waals surface area contributed by atoms with Crippen molar-refractivity contribution in [3.05, 3.63) is 53.5 Å². The Morgan fingerprint density at radius 1 is 1.10 bits per heavy atom. The van der Waals surface area contributed by atoms with E-state index in [2.05, 4.69) is 74.4 Å². The summed E-state index contributed by atoms with van der Waals surface area (Å²) < 4.78 is 5.86. The molecule has 1 aromatic heterocycles. The molecule has 0 atom stereocenters. The van der Waals surface area contributed by atoms with E-state index in [4.69, 9.17) is 4.42 Å². The Kier molecular flexibility index (Phi) is 4.85.